The van der Waals surface area contributed by atoms with Crippen molar-refractivity contribution in [2.45, 2.75) is 26.2 Å². The van der Waals surface area contributed by atoms with Gasteiger partial charge in [-0.15, -0.1) is 0 Å². The van der Waals surface area contributed by atoms with Crippen molar-refractivity contribution in [3.63, 3.8) is 0 Å². The smallest absolute Gasteiger partial charge is 0.133 e. The lowest BCUT2D eigenvalue weighted by Gasteiger charge is -2.15. The lowest BCUT2D eigenvalue weighted by atomic mass is 10.0. The molecule has 0 aliphatic heterocycles. The van der Waals surface area contributed by atoms with E-state index in [2.05, 4.69) is 57.4 Å². The van der Waals surface area contributed by atoms with Gasteiger partial charge in [-0.1, -0.05) is 35.0 Å². The van der Waals surface area contributed by atoms with Crippen molar-refractivity contribution in [2.75, 3.05) is 11.9 Å². The van der Waals surface area contributed by atoms with E-state index in [-0.39, 0.29) is 0 Å². The van der Waals surface area contributed by atoms with Gasteiger partial charge in [-0.2, -0.15) is 0 Å². The van der Waals surface area contributed by atoms with Gasteiger partial charge >= 0.3 is 0 Å². The average molecular weight is 305 g/mol. The van der Waals surface area contributed by atoms with Gasteiger partial charge in [0.1, 0.15) is 5.82 Å². The molecule has 1 aliphatic carbocycles. The van der Waals surface area contributed by atoms with Crippen LogP contribution in [0.25, 0.3) is 10.8 Å². The minimum Gasteiger partial charge on any atom is -0.369 e. The number of benzene rings is 1. The number of rotatable bonds is 4. The topological polar surface area (TPSA) is 24.9 Å². The SMILES string of the molecule is CCC1(CNc2nccc3c(Br)cccc23)CC1. The maximum Gasteiger partial charge on any atom is 0.133 e. The second-order valence-corrected chi connectivity index (χ2v) is 6.06. The lowest BCUT2D eigenvalue weighted by molar-refractivity contribution is 0.521. The van der Waals surface area contributed by atoms with E-state index >= 15 is 0 Å². The monoisotopic (exact) mass is 304 g/mol. The Morgan fingerprint density at radius 1 is 1.28 bits per heavy atom. The molecule has 1 aliphatic rings. The van der Waals surface area contributed by atoms with Crippen LogP contribution in [0.2, 0.25) is 0 Å². The summed E-state index contributed by atoms with van der Waals surface area (Å²) in [7, 11) is 0. The number of hydrogen-bond donors (Lipinski definition) is 1. The third-order valence-electron chi connectivity index (χ3n) is 4.09. The Morgan fingerprint density at radius 3 is 2.83 bits per heavy atom. The molecule has 0 bridgehead atoms. The summed E-state index contributed by atoms with van der Waals surface area (Å²) < 4.78 is 1.13. The molecule has 2 aromatic rings. The molecule has 0 atom stereocenters. The molecular weight excluding hydrogens is 288 g/mol. The van der Waals surface area contributed by atoms with Gasteiger partial charge in [-0.3, -0.25) is 0 Å². The van der Waals surface area contributed by atoms with E-state index < -0.39 is 0 Å². The summed E-state index contributed by atoms with van der Waals surface area (Å²) in [6.45, 7) is 3.32. The van der Waals surface area contributed by atoms with Crippen molar-refractivity contribution >= 4 is 32.5 Å². The molecule has 1 heterocycles. The molecule has 1 saturated carbocycles. The first-order valence-electron chi connectivity index (χ1n) is 6.51. The molecule has 3 rings (SSSR count). The van der Waals surface area contributed by atoms with E-state index in [1.54, 1.807) is 0 Å². The van der Waals surface area contributed by atoms with Gasteiger partial charge in [-0.05, 0) is 36.8 Å². The van der Waals surface area contributed by atoms with Crippen molar-refractivity contribution < 1.29 is 0 Å². The van der Waals surface area contributed by atoms with Gasteiger partial charge in [0, 0.05) is 28.0 Å². The number of pyridine rings is 1. The third kappa shape index (κ3) is 2.12. The molecule has 0 unspecified atom stereocenters. The quantitative estimate of drug-likeness (QED) is 0.893. The van der Waals surface area contributed by atoms with Crippen LogP contribution in [0.1, 0.15) is 26.2 Å². The largest absolute Gasteiger partial charge is 0.369 e. The fraction of sp³-hybridized carbons (Fsp3) is 0.400. The summed E-state index contributed by atoms with van der Waals surface area (Å²) >= 11 is 3.59. The van der Waals surface area contributed by atoms with E-state index in [1.807, 2.05) is 6.20 Å². The number of anilines is 1. The van der Waals surface area contributed by atoms with E-state index in [0.717, 1.165) is 16.8 Å². The van der Waals surface area contributed by atoms with Crippen LogP contribution in [-0.2, 0) is 0 Å². The molecule has 0 spiro atoms. The fourth-order valence-electron chi connectivity index (χ4n) is 2.41. The van der Waals surface area contributed by atoms with Gasteiger partial charge in [0.25, 0.3) is 0 Å². The minimum absolute atomic E-state index is 0.538. The molecular formula is C15H17BrN2. The van der Waals surface area contributed by atoms with Crippen molar-refractivity contribution in [3.05, 3.63) is 34.9 Å². The van der Waals surface area contributed by atoms with Crippen molar-refractivity contribution in [2.24, 2.45) is 5.41 Å². The molecule has 1 aromatic heterocycles. The maximum atomic E-state index is 4.48. The number of halogens is 1. The van der Waals surface area contributed by atoms with Crippen LogP contribution in [0.4, 0.5) is 5.82 Å². The average Bonchev–Trinajstić information content (AvgIpc) is 3.18. The number of nitrogens with one attached hydrogen (secondary N) is 1. The summed E-state index contributed by atoms with van der Waals surface area (Å²) in [6, 6.07) is 8.31. The molecule has 1 N–H and O–H groups in total. The van der Waals surface area contributed by atoms with E-state index in [9.17, 15) is 0 Å². The van der Waals surface area contributed by atoms with Crippen LogP contribution in [0, 0.1) is 5.41 Å². The Kier molecular flexibility index (Phi) is 3.02. The molecule has 2 nitrogen and oxygen atoms in total. The minimum atomic E-state index is 0.538. The standard InChI is InChI=1S/C15H17BrN2/c1-2-15(7-8-15)10-18-14-12-4-3-5-13(16)11(12)6-9-17-14/h3-6,9H,2,7-8,10H2,1H3,(H,17,18). The van der Waals surface area contributed by atoms with Crippen LogP contribution in [-0.4, -0.2) is 11.5 Å². The third-order valence-corrected chi connectivity index (χ3v) is 4.78. The molecule has 18 heavy (non-hydrogen) atoms. The summed E-state index contributed by atoms with van der Waals surface area (Å²) in [5, 5.41) is 5.95. The zero-order chi connectivity index (χ0) is 12.6. The molecule has 94 valence electrons. The predicted molar refractivity (Wildman–Crippen MR) is 79.9 cm³/mol. The first-order chi connectivity index (χ1) is 8.74. The summed E-state index contributed by atoms with van der Waals surface area (Å²) in [5.41, 5.74) is 0.538. The van der Waals surface area contributed by atoms with Gasteiger partial charge in [0.2, 0.25) is 0 Å². The normalized spacial score (nSPS) is 16.8. The van der Waals surface area contributed by atoms with Crippen molar-refractivity contribution in [1.82, 2.24) is 4.98 Å². The first kappa shape index (κ1) is 12.0. The molecule has 1 aromatic carbocycles. The first-order valence-corrected chi connectivity index (χ1v) is 7.30. The number of aromatic nitrogens is 1. The van der Waals surface area contributed by atoms with Crippen LogP contribution < -0.4 is 5.32 Å². The summed E-state index contributed by atoms with van der Waals surface area (Å²) in [5.74, 6) is 1.01. The Hall–Kier alpha value is -1.09. The van der Waals surface area contributed by atoms with Crippen LogP contribution in [0.15, 0.2) is 34.9 Å². The molecule has 0 radical (unpaired) electrons. The number of fused-ring (bicyclic) bond motifs is 1. The number of hydrogen-bond acceptors (Lipinski definition) is 2. The highest BCUT2D eigenvalue weighted by atomic mass is 79.9. The van der Waals surface area contributed by atoms with Crippen LogP contribution in [0.3, 0.4) is 0 Å². The molecule has 0 saturated heterocycles. The van der Waals surface area contributed by atoms with Crippen molar-refractivity contribution in [1.29, 1.82) is 0 Å². The zero-order valence-electron chi connectivity index (χ0n) is 10.5. The van der Waals surface area contributed by atoms with E-state index in [1.165, 1.54) is 30.0 Å². The predicted octanol–water partition coefficient (Wildman–Crippen LogP) is 4.60. The summed E-state index contributed by atoms with van der Waals surface area (Å²) in [4.78, 5) is 4.48. The molecule has 1 fully saturated rings. The zero-order valence-corrected chi connectivity index (χ0v) is 12.1. The van der Waals surface area contributed by atoms with Gasteiger partial charge in [0.15, 0.2) is 0 Å². The van der Waals surface area contributed by atoms with Gasteiger partial charge in [0.05, 0.1) is 0 Å². The van der Waals surface area contributed by atoms with Gasteiger partial charge in [-0.25, -0.2) is 4.98 Å². The highest BCUT2D eigenvalue weighted by Gasteiger charge is 2.40. The van der Waals surface area contributed by atoms with E-state index in [4.69, 9.17) is 0 Å². The highest BCUT2D eigenvalue weighted by Crippen LogP contribution is 2.48. The maximum absolute atomic E-state index is 4.48. The van der Waals surface area contributed by atoms with E-state index in [0.29, 0.717) is 5.41 Å². The highest BCUT2D eigenvalue weighted by molar-refractivity contribution is 9.10. The molecule has 0 amide bonds. The second kappa shape index (κ2) is 4.54. The second-order valence-electron chi connectivity index (χ2n) is 5.20. The van der Waals surface area contributed by atoms with Gasteiger partial charge < -0.3 is 5.32 Å². The lowest BCUT2D eigenvalue weighted by Crippen LogP contribution is -2.15. The Labute approximate surface area is 116 Å². The Morgan fingerprint density at radius 2 is 2.11 bits per heavy atom. The summed E-state index contributed by atoms with van der Waals surface area (Å²) in [6.07, 6.45) is 5.84. The fourth-order valence-corrected chi connectivity index (χ4v) is 2.91. The van der Waals surface area contributed by atoms with Crippen molar-refractivity contribution in [3.8, 4) is 0 Å². The molecule has 3 heteroatoms. The Balaban J connectivity index is 1.90. The number of nitrogens with zero attached hydrogens (tertiary/aromatic N) is 1. The van der Waals surface area contributed by atoms with Crippen LogP contribution >= 0.6 is 15.9 Å². The van der Waals surface area contributed by atoms with Crippen LogP contribution in [0.5, 0.6) is 0 Å². The Bertz CT molecular complexity index is 576.